The third kappa shape index (κ3) is 5.13. The maximum Gasteiger partial charge on any atom is 0.193 e. The van der Waals surface area contributed by atoms with Gasteiger partial charge in [0, 0.05) is 55.5 Å². The topological polar surface area (TPSA) is 40.5 Å². The minimum atomic E-state index is 0.288. The first-order chi connectivity index (χ1) is 10.9. The van der Waals surface area contributed by atoms with Gasteiger partial charge in [0.15, 0.2) is 5.96 Å². The van der Waals surface area contributed by atoms with Crippen LogP contribution in [0.2, 0.25) is 0 Å². The molecule has 1 aromatic heterocycles. The third-order valence-corrected chi connectivity index (χ3v) is 5.63. The van der Waals surface area contributed by atoms with Crippen LogP contribution in [0.5, 0.6) is 0 Å². The molecule has 0 aliphatic carbocycles. The molecule has 2 heterocycles. The summed E-state index contributed by atoms with van der Waals surface area (Å²) >= 11 is 2.05. The Bertz CT molecular complexity index is 513. The van der Waals surface area contributed by atoms with Gasteiger partial charge in [0.2, 0.25) is 0 Å². The highest BCUT2D eigenvalue weighted by molar-refractivity contribution is 8.00. The minimum absolute atomic E-state index is 0.288. The maximum absolute atomic E-state index is 4.51. The summed E-state index contributed by atoms with van der Waals surface area (Å²) in [7, 11) is 1.88. The highest BCUT2D eigenvalue weighted by Crippen LogP contribution is 2.29. The van der Waals surface area contributed by atoms with E-state index in [9.17, 15) is 0 Å². The van der Waals surface area contributed by atoms with Crippen LogP contribution in [0.4, 0.5) is 0 Å². The number of aromatic nitrogens is 1. The molecule has 2 rings (SSSR count). The highest BCUT2D eigenvalue weighted by atomic mass is 32.2. The summed E-state index contributed by atoms with van der Waals surface area (Å²) in [6.07, 6.45) is 3.82. The second kappa shape index (κ2) is 8.04. The molecule has 0 bridgehead atoms. The fourth-order valence-corrected chi connectivity index (χ4v) is 4.18. The van der Waals surface area contributed by atoms with Crippen molar-refractivity contribution in [1.29, 1.82) is 0 Å². The first-order valence-electron chi connectivity index (χ1n) is 8.42. The molecule has 1 N–H and O–H groups in total. The normalized spacial score (nSPS) is 19.7. The molecule has 4 nitrogen and oxygen atoms in total. The van der Waals surface area contributed by atoms with E-state index in [-0.39, 0.29) is 4.75 Å². The van der Waals surface area contributed by atoms with Crippen molar-refractivity contribution in [1.82, 2.24) is 15.2 Å². The summed E-state index contributed by atoms with van der Waals surface area (Å²) in [5, 5.41) is 3.60. The Labute approximate surface area is 145 Å². The van der Waals surface area contributed by atoms with Crippen molar-refractivity contribution in [3.05, 3.63) is 30.1 Å². The van der Waals surface area contributed by atoms with Crippen LogP contribution in [-0.4, -0.2) is 53.0 Å². The van der Waals surface area contributed by atoms with Gasteiger partial charge in [0.05, 0.1) is 0 Å². The lowest BCUT2D eigenvalue weighted by atomic mass is 9.89. The van der Waals surface area contributed by atoms with Crippen LogP contribution in [0.15, 0.2) is 29.5 Å². The standard InChI is InChI=1S/C18H30N4S/c1-14(2)16(15-7-6-8-20-11-15)12-21-17(19-5)22-9-10-23-18(3,4)13-22/h6-8,11,14,16H,9-10,12-13H2,1-5H3,(H,19,21). The van der Waals surface area contributed by atoms with Crippen molar-refractivity contribution >= 4 is 17.7 Å². The zero-order valence-corrected chi connectivity index (χ0v) is 15.9. The van der Waals surface area contributed by atoms with Crippen LogP contribution in [0.1, 0.15) is 39.2 Å². The molecule has 1 aliphatic rings. The Balaban J connectivity index is 2.01. The first kappa shape index (κ1) is 18.1. The second-order valence-corrected chi connectivity index (χ2v) is 8.90. The predicted molar refractivity (Wildman–Crippen MR) is 101 cm³/mol. The van der Waals surface area contributed by atoms with Crippen LogP contribution in [0.3, 0.4) is 0 Å². The van der Waals surface area contributed by atoms with Crippen molar-refractivity contribution < 1.29 is 0 Å². The predicted octanol–water partition coefficient (Wildman–Crippen LogP) is 3.22. The van der Waals surface area contributed by atoms with Gasteiger partial charge >= 0.3 is 0 Å². The lowest BCUT2D eigenvalue weighted by Crippen LogP contribution is -2.51. The Kier molecular flexibility index (Phi) is 6.33. The Morgan fingerprint density at radius 1 is 1.48 bits per heavy atom. The van der Waals surface area contributed by atoms with Crippen LogP contribution >= 0.6 is 11.8 Å². The van der Waals surface area contributed by atoms with Gasteiger partial charge in [-0.2, -0.15) is 11.8 Å². The number of pyridine rings is 1. The van der Waals surface area contributed by atoms with E-state index in [1.807, 2.05) is 37.3 Å². The maximum atomic E-state index is 4.51. The fourth-order valence-electron chi connectivity index (χ4n) is 3.06. The van der Waals surface area contributed by atoms with Crippen LogP contribution < -0.4 is 5.32 Å². The number of nitrogens with one attached hydrogen (secondary N) is 1. The molecule has 1 aliphatic heterocycles. The molecule has 0 amide bonds. The number of hydrogen-bond donors (Lipinski definition) is 1. The summed E-state index contributed by atoms with van der Waals surface area (Å²) in [4.78, 5) is 11.2. The van der Waals surface area contributed by atoms with E-state index in [2.05, 4.69) is 54.0 Å². The SMILES string of the molecule is CN=C(NCC(c1cccnc1)C(C)C)N1CCSC(C)(C)C1. The molecule has 1 unspecified atom stereocenters. The Morgan fingerprint density at radius 2 is 2.26 bits per heavy atom. The molecule has 0 saturated carbocycles. The number of aliphatic imine (C=N–C) groups is 1. The molecule has 0 spiro atoms. The molecule has 0 aromatic carbocycles. The van der Waals surface area contributed by atoms with Gasteiger partial charge in [-0.15, -0.1) is 0 Å². The molecule has 1 atom stereocenters. The van der Waals surface area contributed by atoms with Crippen molar-refractivity contribution in [3.63, 3.8) is 0 Å². The largest absolute Gasteiger partial charge is 0.356 e. The van der Waals surface area contributed by atoms with Crippen molar-refractivity contribution in [2.24, 2.45) is 10.9 Å². The van der Waals surface area contributed by atoms with E-state index >= 15 is 0 Å². The summed E-state index contributed by atoms with van der Waals surface area (Å²) in [6.45, 7) is 12.1. The van der Waals surface area contributed by atoms with Gasteiger partial charge < -0.3 is 10.2 Å². The first-order valence-corrected chi connectivity index (χ1v) is 9.41. The van der Waals surface area contributed by atoms with Crippen LogP contribution in [0, 0.1) is 5.92 Å². The summed E-state index contributed by atoms with van der Waals surface area (Å²) in [6, 6.07) is 4.19. The summed E-state index contributed by atoms with van der Waals surface area (Å²) in [5.74, 6) is 3.17. The monoisotopic (exact) mass is 334 g/mol. The Morgan fingerprint density at radius 3 is 2.83 bits per heavy atom. The summed E-state index contributed by atoms with van der Waals surface area (Å²) in [5.41, 5.74) is 1.29. The van der Waals surface area contributed by atoms with E-state index in [1.165, 1.54) is 5.56 Å². The average Bonchev–Trinajstić information content (AvgIpc) is 2.51. The van der Waals surface area contributed by atoms with Crippen LogP contribution in [0.25, 0.3) is 0 Å². The smallest absolute Gasteiger partial charge is 0.193 e. The van der Waals surface area contributed by atoms with Gasteiger partial charge in [-0.3, -0.25) is 9.98 Å². The second-order valence-electron chi connectivity index (χ2n) is 7.09. The molecular formula is C18H30N4S. The average molecular weight is 335 g/mol. The number of thioether (sulfide) groups is 1. The lowest BCUT2D eigenvalue weighted by Gasteiger charge is -2.39. The van der Waals surface area contributed by atoms with E-state index < -0.39 is 0 Å². The fraction of sp³-hybridized carbons (Fsp3) is 0.667. The minimum Gasteiger partial charge on any atom is -0.356 e. The van der Waals surface area contributed by atoms with Gasteiger partial charge in [-0.25, -0.2) is 0 Å². The number of rotatable bonds is 4. The molecular weight excluding hydrogens is 304 g/mol. The molecule has 23 heavy (non-hydrogen) atoms. The number of nitrogens with zero attached hydrogens (tertiary/aromatic N) is 3. The van der Waals surface area contributed by atoms with Crippen LogP contribution in [-0.2, 0) is 0 Å². The quantitative estimate of drug-likeness (QED) is 0.678. The zero-order valence-electron chi connectivity index (χ0n) is 15.0. The van der Waals surface area contributed by atoms with E-state index in [0.717, 1.165) is 31.3 Å². The van der Waals surface area contributed by atoms with E-state index in [0.29, 0.717) is 11.8 Å². The molecule has 1 saturated heterocycles. The Hall–Kier alpha value is -1.23. The lowest BCUT2D eigenvalue weighted by molar-refractivity contribution is 0.371. The zero-order chi connectivity index (χ0) is 16.9. The van der Waals surface area contributed by atoms with Crippen molar-refractivity contribution in [2.75, 3.05) is 32.4 Å². The molecule has 5 heteroatoms. The molecule has 128 valence electrons. The van der Waals surface area contributed by atoms with Gasteiger partial charge in [0.1, 0.15) is 0 Å². The molecule has 1 aromatic rings. The van der Waals surface area contributed by atoms with Gasteiger partial charge in [-0.05, 0) is 31.4 Å². The molecule has 1 fully saturated rings. The van der Waals surface area contributed by atoms with E-state index in [4.69, 9.17) is 0 Å². The number of guanidine groups is 1. The molecule has 0 radical (unpaired) electrons. The third-order valence-electron chi connectivity index (χ3n) is 4.33. The van der Waals surface area contributed by atoms with Gasteiger partial charge in [0.25, 0.3) is 0 Å². The number of hydrogen-bond acceptors (Lipinski definition) is 3. The van der Waals surface area contributed by atoms with Gasteiger partial charge in [-0.1, -0.05) is 19.9 Å². The highest BCUT2D eigenvalue weighted by Gasteiger charge is 2.29. The van der Waals surface area contributed by atoms with Crippen molar-refractivity contribution in [2.45, 2.75) is 38.4 Å². The van der Waals surface area contributed by atoms with Crippen molar-refractivity contribution in [3.8, 4) is 0 Å². The summed E-state index contributed by atoms with van der Waals surface area (Å²) < 4.78 is 0.288. The van der Waals surface area contributed by atoms with E-state index in [1.54, 1.807) is 0 Å².